The number of isocyanates is 1. The maximum atomic E-state index is 14.2. The predicted molar refractivity (Wildman–Crippen MR) is 68.9 cm³/mol. The molecule has 2 rings (SSSR count). The van der Waals surface area contributed by atoms with E-state index in [-0.39, 0.29) is 5.82 Å². The van der Waals surface area contributed by atoms with E-state index in [2.05, 4.69) is 20.9 Å². The molecule has 0 unspecified atom stereocenters. The maximum absolute atomic E-state index is 14.2. The predicted octanol–water partition coefficient (Wildman–Crippen LogP) is 3.70. The van der Waals surface area contributed by atoms with Gasteiger partial charge in [0.05, 0.1) is 11.6 Å². The molecular formula is C13H13BrFNO2. The van der Waals surface area contributed by atoms with Gasteiger partial charge in [-0.25, -0.2) is 9.18 Å². The second-order valence-electron chi connectivity index (χ2n) is 4.41. The van der Waals surface area contributed by atoms with Gasteiger partial charge in [-0.05, 0) is 40.9 Å². The van der Waals surface area contributed by atoms with Gasteiger partial charge in [-0.1, -0.05) is 12.8 Å². The molecule has 1 fully saturated rings. The van der Waals surface area contributed by atoms with E-state index in [0.717, 1.165) is 12.8 Å². The molecule has 1 aliphatic carbocycles. The molecule has 18 heavy (non-hydrogen) atoms. The zero-order valence-electron chi connectivity index (χ0n) is 10.0. The number of halogens is 2. The number of carbonyl (C=O) groups excluding carboxylic acids is 1. The average Bonchev–Trinajstić information content (AvgIpc) is 2.82. The minimum absolute atomic E-state index is 0.323. The fraction of sp³-hybridized carbons (Fsp3) is 0.462. The third-order valence-corrected chi connectivity index (χ3v) is 4.01. The van der Waals surface area contributed by atoms with Crippen molar-refractivity contribution in [1.29, 1.82) is 0 Å². The van der Waals surface area contributed by atoms with E-state index in [4.69, 9.17) is 4.74 Å². The van der Waals surface area contributed by atoms with Crippen LogP contribution in [0.25, 0.3) is 0 Å². The third kappa shape index (κ3) is 2.20. The van der Waals surface area contributed by atoms with Crippen molar-refractivity contribution in [3.8, 4) is 5.75 Å². The standard InChI is InChI=1S/C13H13BrFNO2/c1-18-9-6-10(12(15)11(14)7-9)13(16-8-17)4-2-3-5-13/h6-7H,2-5H2,1H3. The molecule has 0 heterocycles. The van der Waals surface area contributed by atoms with Crippen LogP contribution in [0.5, 0.6) is 5.75 Å². The molecule has 0 bridgehead atoms. The molecular weight excluding hydrogens is 301 g/mol. The van der Waals surface area contributed by atoms with Gasteiger partial charge >= 0.3 is 0 Å². The van der Waals surface area contributed by atoms with E-state index < -0.39 is 5.54 Å². The second-order valence-corrected chi connectivity index (χ2v) is 5.27. The van der Waals surface area contributed by atoms with Crippen LogP contribution in [0, 0.1) is 5.82 Å². The number of hydrogen-bond acceptors (Lipinski definition) is 3. The van der Waals surface area contributed by atoms with Crippen molar-refractivity contribution >= 4 is 22.0 Å². The summed E-state index contributed by atoms with van der Waals surface area (Å²) in [6, 6.07) is 3.18. The summed E-state index contributed by atoms with van der Waals surface area (Å²) in [6.45, 7) is 0. The van der Waals surface area contributed by atoms with Gasteiger partial charge in [0.2, 0.25) is 6.08 Å². The first-order valence-electron chi connectivity index (χ1n) is 5.75. The Bertz CT molecular complexity index is 506. The van der Waals surface area contributed by atoms with Gasteiger partial charge in [-0.15, -0.1) is 0 Å². The highest BCUT2D eigenvalue weighted by Crippen LogP contribution is 2.45. The Balaban J connectivity index is 2.60. The van der Waals surface area contributed by atoms with Crippen LogP contribution in [0.2, 0.25) is 0 Å². The second kappa shape index (κ2) is 5.21. The Hall–Kier alpha value is -1.19. The molecule has 3 nitrogen and oxygen atoms in total. The molecule has 1 saturated carbocycles. The van der Waals surface area contributed by atoms with E-state index in [1.54, 1.807) is 18.2 Å². The smallest absolute Gasteiger partial charge is 0.235 e. The molecule has 5 heteroatoms. The Morgan fingerprint density at radius 2 is 2.11 bits per heavy atom. The van der Waals surface area contributed by atoms with Crippen LogP contribution in [-0.2, 0) is 10.3 Å². The summed E-state index contributed by atoms with van der Waals surface area (Å²) in [5.41, 5.74) is -0.363. The third-order valence-electron chi connectivity index (χ3n) is 3.43. The molecule has 1 aromatic carbocycles. The Morgan fingerprint density at radius 3 is 2.67 bits per heavy atom. The number of nitrogens with zero attached hydrogens (tertiary/aromatic N) is 1. The highest BCUT2D eigenvalue weighted by Gasteiger charge is 2.38. The normalized spacial score (nSPS) is 17.3. The van der Waals surface area contributed by atoms with E-state index in [1.807, 2.05) is 0 Å². The van der Waals surface area contributed by atoms with Crippen molar-refractivity contribution in [3.05, 3.63) is 28.0 Å². The van der Waals surface area contributed by atoms with Crippen LogP contribution in [0.1, 0.15) is 31.2 Å². The monoisotopic (exact) mass is 313 g/mol. The summed E-state index contributed by atoms with van der Waals surface area (Å²) >= 11 is 3.16. The zero-order chi connectivity index (χ0) is 13.2. The van der Waals surface area contributed by atoms with E-state index in [9.17, 15) is 9.18 Å². The first kappa shape index (κ1) is 13.2. The minimum Gasteiger partial charge on any atom is -0.497 e. The van der Waals surface area contributed by atoms with Crippen LogP contribution in [0.3, 0.4) is 0 Å². The van der Waals surface area contributed by atoms with Crippen LogP contribution in [0.15, 0.2) is 21.6 Å². The van der Waals surface area contributed by atoms with Crippen molar-refractivity contribution in [2.75, 3.05) is 7.11 Å². The van der Waals surface area contributed by atoms with Gasteiger partial charge < -0.3 is 4.74 Å². The lowest BCUT2D eigenvalue weighted by Crippen LogP contribution is -2.21. The van der Waals surface area contributed by atoms with E-state index in [0.29, 0.717) is 28.6 Å². The fourth-order valence-electron chi connectivity index (χ4n) is 2.51. The molecule has 1 aromatic rings. The zero-order valence-corrected chi connectivity index (χ0v) is 11.6. The highest BCUT2D eigenvalue weighted by molar-refractivity contribution is 9.10. The summed E-state index contributed by atoms with van der Waals surface area (Å²) in [6.07, 6.45) is 4.78. The lowest BCUT2D eigenvalue weighted by Gasteiger charge is -2.24. The number of rotatable bonds is 3. The van der Waals surface area contributed by atoms with Gasteiger partial charge in [0.1, 0.15) is 17.1 Å². The van der Waals surface area contributed by atoms with Gasteiger partial charge in [-0.2, -0.15) is 4.99 Å². The summed E-state index contributed by atoms with van der Waals surface area (Å²) in [4.78, 5) is 14.5. The van der Waals surface area contributed by atoms with E-state index >= 15 is 0 Å². The maximum Gasteiger partial charge on any atom is 0.235 e. The molecule has 0 aliphatic heterocycles. The van der Waals surface area contributed by atoms with Crippen molar-refractivity contribution < 1.29 is 13.9 Å². The lowest BCUT2D eigenvalue weighted by molar-refractivity contribution is 0.398. The molecule has 0 spiro atoms. The topological polar surface area (TPSA) is 38.7 Å². The summed E-state index contributed by atoms with van der Waals surface area (Å²) in [5.74, 6) is 0.169. The van der Waals surface area contributed by atoms with Crippen LogP contribution in [-0.4, -0.2) is 13.2 Å². The van der Waals surface area contributed by atoms with Gasteiger partial charge in [0, 0.05) is 5.56 Å². The number of aliphatic imine (C=N–C) groups is 1. The summed E-state index contributed by atoms with van der Waals surface area (Å²) in [7, 11) is 1.52. The molecule has 0 radical (unpaired) electrons. The minimum atomic E-state index is -0.775. The highest BCUT2D eigenvalue weighted by atomic mass is 79.9. The van der Waals surface area contributed by atoms with Crippen LogP contribution < -0.4 is 4.74 Å². The van der Waals surface area contributed by atoms with E-state index in [1.165, 1.54) is 7.11 Å². The largest absolute Gasteiger partial charge is 0.497 e. The molecule has 96 valence electrons. The van der Waals surface area contributed by atoms with Gasteiger partial charge in [0.25, 0.3) is 0 Å². The fourth-order valence-corrected chi connectivity index (χ4v) is 2.95. The first-order chi connectivity index (χ1) is 8.63. The first-order valence-corrected chi connectivity index (χ1v) is 6.55. The molecule has 0 aromatic heterocycles. The Morgan fingerprint density at radius 1 is 1.44 bits per heavy atom. The number of ether oxygens (including phenoxy) is 1. The quantitative estimate of drug-likeness (QED) is 0.630. The van der Waals surface area contributed by atoms with Crippen LogP contribution in [0.4, 0.5) is 4.39 Å². The SMILES string of the molecule is COc1cc(Br)c(F)c(C2(N=C=O)CCCC2)c1. The molecule has 0 saturated heterocycles. The van der Waals surface area contributed by atoms with Gasteiger partial charge in [-0.3, -0.25) is 0 Å². The number of benzene rings is 1. The molecule has 1 aliphatic rings. The molecule has 0 amide bonds. The van der Waals surface area contributed by atoms with Crippen molar-refractivity contribution in [3.63, 3.8) is 0 Å². The van der Waals surface area contributed by atoms with Crippen molar-refractivity contribution in [2.24, 2.45) is 4.99 Å². The molecule has 0 atom stereocenters. The number of methoxy groups -OCH3 is 1. The van der Waals surface area contributed by atoms with Crippen LogP contribution >= 0.6 is 15.9 Å². The summed E-state index contributed by atoms with van der Waals surface area (Å²) in [5, 5.41) is 0. The molecule has 0 N–H and O–H groups in total. The van der Waals surface area contributed by atoms with Crippen molar-refractivity contribution in [1.82, 2.24) is 0 Å². The summed E-state index contributed by atoms with van der Waals surface area (Å²) < 4.78 is 19.7. The number of hydrogen-bond donors (Lipinski definition) is 0. The lowest BCUT2D eigenvalue weighted by atomic mass is 9.88. The Labute approximate surface area is 113 Å². The van der Waals surface area contributed by atoms with Gasteiger partial charge in [0.15, 0.2) is 0 Å². The Kier molecular flexibility index (Phi) is 3.83. The average molecular weight is 314 g/mol. The van der Waals surface area contributed by atoms with Crippen molar-refractivity contribution in [2.45, 2.75) is 31.2 Å².